The Balaban J connectivity index is 2.11. The zero-order valence-electron chi connectivity index (χ0n) is 15.4. The molecule has 0 fully saturated rings. The fourth-order valence-electron chi connectivity index (χ4n) is 3.00. The highest BCUT2D eigenvalue weighted by Crippen LogP contribution is 2.36. The molecule has 1 heterocycles. The highest BCUT2D eigenvalue weighted by Gasteiger charge is 2.31. The number of aliphatic imine (C=N–C) groups is 1. The molecule has 1 unspecified atom stereocenters. The molecule has 8 nitrogen and oxygen atoms in total. The molecule has 1 aliphatic rings. The number of esters is 1. The lowest BCUT2D eigenvalue weighted by molar-refractivity contribution is -0.385. The number of carbonyl (C=O) groups is 1. The van der Waals surface area contributed by atoms with Gasteiger partial charge in [0.15, 0.2) is 5.75 Å². The van der Waals surface area contributed by atoms with Crippen molar-refractivity contribution in [1.82, 2.24) is 5.32 Å². The summed E-state index contributed by atoms with van der Waals surface area (Å²) in [6.45, 7) is 3.64. The van der Waals surface area contributed by atoms with E-state index in [0.717, 1.165) is 5.56 Å². The maximum Gasteiger partial charge on any atom is 0.338 e. The topological polar surface area (TPSA) is 114 Å². The molecule has 0 spiro atoms. The van der Waals surface area contributed by atoms with E-state index < -0.39 is 28.4 Å². The molecule has 2 N–H and O–H groups in total. The largest absolute Gasteiger partial charge is 0.502 e. The van der Waals surface area contributed by atoms with Gasteiger partial charge in [0.05, 0.1) is 17.1 Å². The smallest absolute Gasteiger partial charge is 0.338 e. The van der Waals surface area contributed by atoms with Gasteiger partial charge in [-0.05, 0) is 31.5 Å². The summed E-state index contributed by atoms with van der Waals surface area (Å²) in [7, 11) is 0. The summed E-state index contributed by atoms with van der Waals surface area (Å²) < 4.78 is 5.16. The minimum Gasteiger partial charge on any atom is -0.502 e. The van der Waals surface area contributed by atoms with E-state index in [1.807, 2.05) is 30.3 Å². The highest BCUT2D eigenvalue weighted by atomic mass is 16.6. The fourth-order valence-corrected chi connectivity index (χ4v) is 3.00. The molecule has 1 atom stereocenters. The Morgan fingerprint density at radius 2 is 2.00 bits per heavy atom. The fraction of sp³-hybridized carbons (Fsp3) is 0.200. The molecule has 1 aliphatic heterocycles. The van der Waals surface area contributed by atoms with Crippen LogP contribution in [0.3, 0.4) is 0 Å². The van der Waals surface area contributed by atoms with E-state index >= 15 is 0 Å². The molecule has 0 radical (unpaired) electrons. The number of nitro benzene ring substituents is 1. The minimum atomic E-state index is -0.776. The van der Waals surface area contributed by atoms with Gasteiger partial charge in [-0.25, -0.2) is 4.79 Å². The summed E-state index contributed by atoms with van der Waals surface area (Å²) in [5.74, 6) is -0.474. The number of ether oxygens (including phenoxy) is 1. The Kier molecular flexibility index (Phi) is 5.39. The quantitative estimate of drug-likeness (QED) is 0.467. The zero-order valence-corrected chi connectivity index (χ0v) is 15.4. The Labute approximate surface area is 161 Å². The zero-order chi connectivity index (χ0) is 20.3. The van der Waals surface area contributed by atoms with Crippen LogP contribution in [0.2, 0.25) is 0 Å². The Morgan fingerprint density at radius 3 is 2.61 bits per heavy atom. The van der Waals surface area contributed by atoms with Crippen LogP contribution in [-0.2, 0) is 9.53 Å². The van der Waals surface area contributed by atoms with Gasteiger partial charge in [-0.15, -0.1) is 0 Å². The summed E-state index contributed by atoms with van der Waals surface area (Å²) in [5, 5.41) is 24.1. The molecule has 2 aromatic carbocycles. The molecule has 3 rings (SSSR count). The lowest BCUT2D eigenvalue weighted by Crippen LogP contribution is -2.32. The van der Waals surface area contributed by atoms with Gasteiger partial charge in [0.1, 0.15) is 11.9 Å². The van der Waals surface area contributed by atoms with Crippen LogP contribution in [0.15, 0.2) is 64.8 Å². The first-order valence-corrected chi connectivity index (χ1v) is 8.67. The van der Waals surface area contributed by atoms with Crippen molar-refractivity contribution in [2.24, 2.45) is 4.99 Å². The molecule has 0 bridgehead atoms. The summed E-state index contributed by atoms with van der Waals surface area (Å²) in [6.07, 6.45) is 0. The molecule has 28 heavy (non-hydrogen) atoms. The van der Waals surface area contributed by atoms with Crippen LogP contribution in [0.5, 0.6) is 5.75 Å². The third kappa shape index (κ3) is 3.71. The van der Waals surface area contributed by atoms with E-state index in [-0.39, 0.29) is 12.2 Å². The summed E-state index contributed by atoms with van der Waals surface area (Å²) >= 11 is 0. The van der Waals surface area contributed by atoms with Gasteiger partial charge in [0, 0.05) is 17.3 Å². The summed E-state index contributed by atoms with van der Waals surface area (Å²) in [4.78, 5) is 27.5. The molecule has 2 aromatic rings. The van der Waals surface area contributed by atoms with Gasteiger partial charge in [-0.2, -0.15) is 0 Å². The average molecular weight is 381 g/mol. The van der Waals surface area contributed by atoms with Crippen LogP contribution >= 0.6 is 0 Å². The van der Waals surface area contributed by atoms with E-state index in [2.05, 4.69) is 10.3 Å². The predicted octanol–water partition coefficient (Wildman–Crippen LogP) is 3.23. The van der Waals surface area contributed by atoms with Gasteiger partial charge in [0.25, 0.3) is 0 Å². The lowest BCUT2D eigenvalue weighted by atomic mass is 9.95. The Morgan fingerprint density at radius 1 is 1.29 bits per heavy atom. The van der Waals surface area contributed by atoms with Gasteiger partial charge < -0.3 is 15.2 Å². The number of nitrogens with one attached hydrogen (secondary N) is 1. The van der Waals surface area contributed by atoms with Crippen molar-refractivity contribution in [2.45, 2.75) is 19.9 Å². The van der Waals surface area contributed by atoms with Crippen LogP contribution in [0.25, 0.3) is 0 Å². The van der Waals surface area contributed by atoms with Crippen LogP contribution in [-0.4, -0.2) is 28.4 Å². The second kappa shape index (κ2) is 7.91. The van der Waals surface area contributed by atoms with Crippen LogP contribution < -0.4 is 5.32 Å². The van der Waals surface area contributed by atoms with E-state index in [1.54, 1.807) is 13.8 Å². The monoisotopic (exact) mass is 381 g/mol. The Bertz CT molecular complexity index is 983. The van der Waals surface area contributed by atoms with Crippen molar-refractivity contribution in [3.8, 4) is 5.75 Å². The summed E-state index contributed by atoms with van der Waals surface area (Å²) in [5.41, 5.74) is 1.70. The molecule has 144 valence electrons. The molecular formula is C20H19N3O5. The molecule has 0 saturated heterocycles. The normalized spacial score (nSPS) is 16.2. The number of aromatic hydroxyl groups is 1. The van der Waals surface area contributed by atoms with Gasteiger partial charge >= 0.3 is 11.7 Å². The van der Waals surface area contributed by atoms with Crippen LogP contribution in [0.4, 0.5) is 5.69 Å². The molecule has 0 aliphatic carbocycles. The number of benzene rings is 2. The number of rotatable bonds is 5. The van der Waals surface area contributed by atoms with Crippen LogP contribution in [0.1, 0.15) is 31.0 Å². The average Bonchev–Trinajstić information content (AvgIpc) is 2.67. The maximum atomic E-state index is 12.5. The van der Waals surface area contributed by atoms with E-state index in [0.29, 0.717) is 17.1 Å². The number of allylic oxidation sites excluding steroid dienone is 1. The van der Waals surface area contributed by atoms with Crippen molar-refractivity contribution >= 4 is 17.5 Å². The van der Waals surface area contributed by atoms with Crippen molar-refractivity contribution in [2.75, 3.05) is 6.61 Å². The van der Waals surface area contributed by atoms with Crippen molar-refractivity contribution in [1.29, 1.82) is 0 Å². The second-order valence-corrected chi connectivity index (χ2v) is 6.14. The SMILES string of the molecule is CCOC(=O)C1=C(C)NC(c2ccccc2)=NC1c1ccc([N+](=O)[O-])c(O)c1. The number of nitrogens with zero attached hydrogens (tertiary/aromatic N) is 2. The predicted molar refractivity (Wildman–Crippen MR) is 103 cm³/mol. The maximum absolute atomic E-state index is 12.5. The van der Waals surface area contributed by atoms with Crippen molar-refractivity contribution < 1.29 is 19.6 Å². The molecule has 0 amide bonds. The standard InChI is InChI=1S/C20H19N3O5/c1-3-28-20(25)17-12(2)21-19(13-7-5-4-6-8-13)22-18(17)14-9-10-15(23(26)27)16(24)11-14/h4-11,18,24H,3H2,1-2H3,(H,21,22). The lowest BCUT2D eigenvalue weighted by Gasteiger charge is -2.26. The molecular weight excluding hydrogens is 362 g/mol. The van der Waals surface area contributed by atoms with Crippen LogP contribution in [0, 0.1) is 10.1 Å². The minimum absolute atomic E-state index is 0.198. The molecule has 0 saturated carbocycles. The number of carbonyl (C=O) groups excluding carboxylic acids is 1. The number of hydrogen-bond donors (Lipinski definition) is 2. The Hall–Kier alpha value is -3.68. The summed E-state index contributed by atoms with van der Waals surface area (Å²) in [6, 6.07) is 12.5. The van der Waals surface area contributed by atoms with Crippen molar-refractivity contribution in [3.05, 3.63) is 81.0 Å². The molecule has 8 heteroatoms. The number of nitro groups is 1. The highest BCUT2D eigenvalue weighted by molar-refractivity contribution is 6.03. The van der Waals surface area contributed by atoms with E-state index in [4.69, 9.17) is 4.74 Å². The second-order valence-electron chi connectivity index (χ2n) is 6.14. The van der Waals surface area contributed by atoms with Gasteiger partial charge in [-0.1, -0.05) is 30.3 Å². The van der Waals surface area contributed by atoms with Gasteiger partial charge in [-0.3, -0.25) is 15.1 Å². The third-order valence-corrected chi connectivity index (χ3v) is 4.30. The van der Waals surface area contributed by atoms with E-state index in [9.17, 15) is 20.0 Å². The first kappa shape index (κ1) is 19.1. The number of amidine groups is 1. The first-order valence-electron chi connectivity index (χ1n) is 8.67. The van der Waals surface area contributed by atoms with Gasteiger partial charge in [0.2, 0.25) is 0 Å². The molecule has 0 aromatic heterocycles. The third-order valence-electron chi connectivity index (χ3n) is 4.30. The van der Waals surface area contributed by atoms with E-state index in [1.165, 1.54) is 18.2 Å². The number of hydrogen-bond acceptors (Lipinski definition) is 7. The first-order chi connectivity index (χ1) is 13.4. The van der Waals surface area contributed by atoms with Crippen molar-refractivity contribution in [3.63, 3.8) is 0 Å². The number of phenolic OH excluding ortho intramolecular Hbond substituents is 1. The number of phenols is 1.